The molecule has 0 unspecified atom stereocenters. The Bertz CT molecular complexity index is 1150. The van der Waals surface area contributed by atoms with E-state index >= 15 is 0 Å². The summed E-state index contributed by atoms with van der Waals surface area (Å²) in [6, 6.07) is 7.63. The van der Waals surface area contributed by atoms with E-state index in [4.69, 9.17) is 38.4 Å². The largest absolute Gasteiger partial charge is 0.495 e. The van der Waals surface area contributed by atoms with Gasteiger partial charge in [0.05, 0.1) is 37.9 Å². The second-order valence-corrected chi connectivity index (χ2v) is 7.50. The van der Waals surface area contributed by atoms with Crippen LogP contribution in [0.25, 0.3) is 0 Å². The molecule has 0 atom stereocenters. The van der Waals surface area contributed by atoms with E-state index < -0.39 is 6.03 Å². The summed E-state index contributed by atoms with van der Waals surface area (Å²) >= 11 is 12.7. The zero-order chi connectivity index (χ0) is 24.1. The Morgan fingerprint density at radius 1 is 1.12 bits per heavy atom. The molecule has 12 heteroatoms. The van der Waals surface area contributed by atoms with Crippen LogP contribution >= 0.6 is 23.2 Å². The summed E-state index contributed by atoms with van der Waals surface area (Å²) in [4.78, 5) is 22.5. The van der Waals surface area contributed by atoms with Crippen molar-refractivity contribution in [3.63, 3.8) is 0 Å². The van der Waals surface area contributed by atoms with Gasteiger partial charge >= 0.3 is 6.03 Å². The maximum Gasteiger partial charge on any atom is 0.327 e. The van der Waals surface area contributed by atoms with Crippen molar-refractivity contribution in [2.75, 3.05) is 42.5 Å². The number of nitrogens with two attached hydrogens (primary N) is 1. The van der Waals surface area contributed by atoms with Gasteiger partial charge in [-0.1, -0.05) is 29.3 Å². The van der Waals surface area contributed by atoms with Crippen molar-refractivity contribution in [3.05, 3.63) is 52.3 Å². The van der Waals surface area contributed by atoms with Crippen LogP contribution in [0.2, 0.25) is 10.0 Å². The minimum atomic E-state index is -0.564. The highest BCUT2D eigenvalue weighted by Gasteiger charge is 2.21. The van der Waals surface area contributed by atoms with Crippen molar-refractivity contribution in [3.8, 4) is 11.5 Å². The fourth-order valence-electron chi connectivity index (χ4n) is 2.85. The molecule has 0 saturated heterocycles. The lowest BCUT2D eigenvalue weighted by molar-refractivity contribution is 0.258. The summed E-state index contributed by atoms with van der Waals surface area (Å²) in [5.41, 5.74) is 7.86. The molecule has 1 heterocycles. The number of hydrogen-bond acceptors (Lipinski definition) is 8. The molecule has 3 aromatic rings. The van der Waals surface area contributed by atoms with Gasteiger partial charge in [0.15, 0.2) is 0 Å². The second kappa shape index (κ2) is 10.4. The molecule has 10 nitrogen and oxygen atoms in total. The number of aliphatic hydroxyl groups excluding tert-OH is 1. The van der Waals surface area contributed by atoms with Gasteiger partial charge in [-0.3, -0.25) is 4.90 Å². The zero-order valence-corrected chi connectivity index (χ0v) is 19.5. The van der Waals surface area contributed by atoms with Gasteiger partial charge in [0.25, 0.3) is 0 Å². The fraction of sp³-hybridized carbons (Fsp3) is 0.190. The number of rotatable bonds is 7. The molecule has 0 bridgehead atoms. The highest BCUT2D eigenvalue weighted by atomic mass is 35.5. The second-order valence-electron chi connectivity index (χ2n) is 6.74. The van der Waals surface area contributed by atoms with Crippen LogP contribution in [-0.2, 0) is 6.61 Å². The Labute approximate surface area is 200 Å². The molecule has 0 aliphatic rings. The van der Waals surface area contributed by atoms with Gasteiger partial charge < -0.3 is 30.9 Å². The predicted octanol–water partition coefficient (Wildman–Crippen LogP) is 4.29. The van der Waals surface area contributed by atoms with Gasteiger partial charge in [-0.05, 0) is 17.7 Å². The van der Waals surface area contributed by atoms with Crippen LogP contribution in [0.5, 0.6) is 11.5 Å². The lowest BCUT2D eigenvalue weighted by Gasteiger charge is -2.20. The monoisotopic (exact) mass is 492 g/mol. The Morgan fingerprint density at radius 3 is 2.36 bits per heavy atom. The quantitative estimate of drug-likeness (QED) is 0.358. The lowest BCUT2D eigenvalue weighted by Crippen LogP contribution is -2.32. The van der Waals surface area contributed by atoms with Crippen LogP contribution < -0.4 is 30.7 Å². The Hall–Kier alpha value is -3.47. The van der Waals surface area contributed by atoms with E-state index in [1.54, 1.807) is 24.3 Å². The van der Waals surface area contributed by atoms with Crippen molar-refractivity contribution in [1.29, 1.82) is 0 Å². The number of methoxy groups -OCH3 is 2. The van der Waals surface area contributed by atoms with Gasteiger partial charge in [0.1, 0.15) is 39.5 Å². The van der Waals surface area contributed by atoms with E-state index in [9.17, 15) is 9.90 Å². The number of nitrogens with one attached hydrogen (secondary N) is 2. The van der Waals surface area contributed by atoms with Crippen LogP contribution in [0.4, 0.5) is 33.5 Å². The first kappa shape index (κ1) is 24.2. The molecule has 0 aliphatic heterocycles. The van der Waals surface area contributed by atoms with Crippen molar-refractivity contribution in [1.82, 2.24) is 9.97 Å². The minimum Gasteiger partial charge on any atom is -0.495 e. The Balaban J connectivity index is 1.82. The van der Waals surface area contributed by atoms with E-state index in [2.05, 4.69) is 20.6 Å². The third-order valence-electron chi connectivity index (χ3n) is 4.67. The van der Waals surface area contributed by atoms with Crippen LogP contribution in [0.3, 0.4) is 0 Å². The van der Waals surface area contributed by atoms with Crippen LogP contribution in [0.1, 0.15) is 5.56 Å². The minimum absolute atomic E-state index is 0.116. The topological polar surface area (TPSA) is 135 Å². The third-order valence-corrected chi connectivity index (χ3v) is 5.42. The van der Waals surface area contributed by atoms with E-state index in [1.807, 2.05) is 0 Å². The van der Waals surface area contributed by atoms with Crippen molar-refractivity contribution < 1.29 is 19.4 Å². The smallest absolute Gasteiger partial charge is 0.327 e. The summed E-state index contributed by atoms with van der Waals surface area (Å²) in [7, 11) is 4.39. The number of nitrogens with zero attached hydrogens (tertiary/aromatic N) is 3. The van der Waals surface area contributed by atoms with Crippen LogP contribution in [-0.4, -0.2) is 42.4 Å². The van der Waals surface area contributed by atoms with Gasteiger partial charge in [-0.25, -0.2) is 14.8 Å². The van der Waals surface area contributed by atoms with Crippen molar-refractivity contribution in [2.24, 2.45) is 0 Å². The number of ether oxygens (including phenoxy) is 2. The molecule has 2 amide bonds. The number of carbonyl (C=O) groups is 1. The highest BCUT2D eigenvalue weighted by Crippen LogP contribution is 2.44. The Morgan fingerprint density at radius 2 is 1.79 bits per heavy atom. The molecule has 0 radical (unpaired) electrons. The summed E-state index contributed by atoms with van der Waals surface area (Å²) in [5.74, 6) is 1.27. The maximum absolute atomic E-state index is 12.9. The molecule has 3 rings (SSSR count). The number of aromatic nitrogens is 2. The van der Waals surface area contributed by atoms with E-state index in [0.29, 0.717) is 22.8 Å². The molecular formula is C21H22Cl2N6O4. The SMILES string of the molecule is COc1cc(OC)c(Cl)c(NC(=O)N(C)c2cc(Nc3ccc(CO)cc3N)ncn2)c1Cl. The van der Waals surface area contributed by atoms with E-state index in [1.165, 1.54) is 38.6 Å². The molecule has 2 aromatic carbocycles. The van der Waals surface area contributed by atoms with Crippen molar-refractivity contribution in [2.45, 2.75) is 6.61 Å². The summed E-state index contributed by atoms with van der Waals surface area (Å²) in [5, 5.41) is 15.2. The fourth-order valence-corrected chi connectivity index (χ4v) is 3.45. The standard InChI is InChI=1S/C21H22Cl2N6O4/c1-29(21(31)28-20-18(22)14(32-2)7-15(33-3)19(20)23)17-8-16(25-10-26-17)27-13-5-4-11(9-30)6-12(13)24/h4-8,10,30H,9,24H2,1-3H3,(H,28,31)(H,25,26,27). The molecule has 0 saturated carbocycles. The molecule has 5 N–H and O–H groups in total. The maximum atomic E-state index is 12.9. The number of halogens is 2. The predicted molar refractivity (Wildman–Crippen MR) is 129 cm³/mol. The summed E-state index contributed by atoms with van der Waals surface area (Å²) in [6.45, 7) is -0.116. The number of aliphatic hydroxyl groups is 1. The van der Waals surface area contributed by atoms with E-state index in [-0.39, 0.29) is 39.7 Å². The van der Waals surface area contributed by atoms with Crippen molar-refractivity contribution >= 4 is 57.9 Å². The number of amides is 2. The number of anilines is 5. The first-order valence-corrected chi connectivity index (χ1v) is 10.3. The van der Waals surface area contributed by atoms with Gasteiger partial charge in [0, 0.05) is 19.2 Å². The van der Waals surface area contributed by atoms with Crippen LogP contribution in [0.15, 0.2) is 36.7 Å². The molecule has 1 aromatic heterocycles. The molecular weight excluding hydrogens is 471 g/mol. The lowest BCUT2D eigenvalue weighted by atomic mass is 10.2. The highest BCUT2D eigenvalue weighted by molar-refractivity contribution is 6.41. The third kappa shape index (κ3) is 5.30. The average molecular weight is 493 g/mol. The molecule has 174 valence electrons. The summed E-state index contributed by atoms with van der Waals surface area (Å²) < 4.78 is 10.4. The number of benzene rings is 2. The first-order valence-electron chi connectivity index (χ1n) is 9.52. The molecule has 0 aliphatic carbocycles. The number of urea groups is 1. The molecule has 0 spiro atoms. The van der Waals surface area contributed by atoms with Gasteiger partial charge in [0.2, 0.25) is 0 Å². The first-order chi connectivity index (χ1) is 15.8. The number of nitrogen functional groups attached to an aromatic ring is 1. The summed E-state index contributed by atoms with van der Waals surface area (Å²) in [6.07, 6.45) is 1.30. The average Bonchev–Trinajstić information content (AvgIpc) is 2.82. The van der Waals surface area contributed by atoms with Crippen LogP contribution in [0, 0.1) is 0 Å². The number of carbonyl (C=O) groups excluding carboxylic acids is 1. The zero-order valence-electron chi connectivity index (χ0n) is 18.0. The van der Waals surface area contributed by atoms with E-state index in [0.717, 1.165) is 0 Å². The van der Waals surface area contributed by atoms with Gasteiger partial charge in [-0.2, -0.15) is 0 Å². The number of hydrogen-bond donors (Lipinski definition) is 4. The molecule has 33 heavy (non-hydrogen) atoms. The molecule has 0 fully saturated rings. The Kier molecular flexibility index (Phi) is 7.64. The van der Waals surface area contributed by atoms with Gasteiger partial charge in [-0.15, -0.1) is 0 Å². The normalized spacial score (nSPS) is 10.5.